The quantitative estimate of drug-likeness (QED) is 0.148. The lowest BCUT2D eigenvalue weighted by Gasteiger charge is -2.32. The number of carbonyl (C=O) groups excluding carboxylic acids is 1. The van der Waals surface area contributed by atoms with Crippen LogP contribution in [0.15, 0.2) is 59.5 Å². The van der Waals surface area contributed by atoms with Gasteiger partial charge in [-0.05, 0) is 68.4 Å². The summed E-state index contributed by atoms with van der Waals surface area (Å²) in [5.41, 5.74) is 1.75. The second-order valence-corrected chi connectivity index (χ2v) is 11.7. The van der Waals surface area contributed by atoms with Crippen LogP contribution in [-0.4, -0.2) is 101 Å². The number of para-hydroxylation sites is 1. The van der Waals surface area contributed by atoms with Crippen molar-refractivity contribution in [2.45, 2.75) is 29.9 Å². The minimum absolute atomic E-state index is 0.0216. The maximum atomic E-state index is 13.4. The van der Waals surface area contributed by atoms with Crippen molar-refractivity contribution in [2.75, 3.05) is 73.2 Å². The number of unbranched alkanes of at least 4 members (excludes halogenated alkanes) is 1. The van der Waals surface area contributed by atoms with Gasteiger partial charge in [0, 0.05) is 24.1 Å². The molecule has 4 rings (SSSR count). The molecule has 1 unspecified atom stereocenters. The smallest absolute Gasteiger partial charge is 0.414 e. The summed E-state index contributed by atoms with van der Waals surface area (Å²) in [6, 6.07) is 17.3. The van der Waals surface area contributed by atoms with Gasteiger partial charge in [-0.3, -0.25) is 4.79 Å². The summed E-state index contributed by atoms with van der Waals surface area (Å²) in [7, 11) is 8.21. The zero-order valence-corrected chi connectivity index (χ0v) is 29.4. The molecule has 13 nitrogen and oxygen atoms in total. The van der Waals surface area contributed by atoms with E-state index in [9.17, 15) is 4.79 Å². The molecule has 0 saturated carbocycles. The minimum Gasteiger partial charge on any atom is -0.497 e. The Morgan fingerprint density at radius 2 is 1.43 bits per heavy atom. The molecule has 1 aliphatic rings. The Morgan fingerprint density at radius 1 is 0.796 bits per heavy atom. The number of likely N-dealkylation sites (N-methyl/N-ethyl adjacent to an activating group) is 2. The van der Waals surface area contributed by atoms with Gasteiger partial charge in [-0.15, -0.1) is 11.8 Å². The van der Waals surface area contributed by atoms with Gasteiger partial charge in [0.2, 0.25) is 17.4 Å². The van der Waals surface area contributed by atoms with E-state index in [1.807, 2.05) is 61.6 Å². The van der Waals surface area contributed by atoms with Crippen LogP contribution in [0, 0.1) is 0 Å². The highest BCUT2D eigenvalue weighted by molar-refractivity contribution is 8.00. The molecule has 1 atom stereocenters. The van der Waals surface area contributed by atoms with Crippen molar-refractivity contribution in [1.82, 2.24) is 4.90 Å². The predicted molar refractivity (Wildman–Crippen MR) is 185 cm³/mol. The number of thioether (sulfide) groups is 1. The van der Waals surface area contributed by atoms with Crippen molar-refractivity contribution >= 4 is 35.3 Å². The van der Waals surface area contributed by atoms with Gasteiger partial charge in [0.1, 0.15) is 23.4 Å². The highest BCUT2D eigenvalue weighted by atomic mass is 32.2. The van der Waals surface area contributed by atoms with Gasteiger partial charge < -0.3 is 48.4 Å². The number of methoxy groups -OCH3 is 4. The molecular formula is C35H44N2O11S. The summed E-state index contributed by atoms with van der Waals surface area (Å²) in [5.74, 6) is 0.0187. The van der Waals surface area contributed by atoms with E-state index >= 15 is 0 Å². The number of rotatable bonds is 16. The summed E-state index contributed by atoms with van der Waals surface area (Å²) in [6.45, 7) is 5.80. The number of hydrogen-bond acceptors (Lipinski definition) is 11. The van der Waals surface area contributed by atoms with Gasteiger partial charge in [-0.25, -0.2) is 9.59 Å². The Morgan fingerprint density at radius 3 is 2.06 bits per heavy atom. The van der Waals surface area contributed by atoms with Crippen LogP contribution in [0.1, 0.15) is 30.6 Å². The summed E-state index contributed by atoms with van der Waals surface area (Å²) in [5, 5.41) is 14.4. The molecule has 49 heavy (non-hydrogen) atoms. The lowest BCUT2D eigenvalue weighted by Crippen LogP contribution is -2.33. The summed E-state index contributed by atoms with van der Waals surface area (Å²) in [6.07, 6.45) is 1.84. The number of hydrogen-bond donors (Lipinski definition) is 2. The molecule has 1 amide bonds. The average Bonchev–Trinajstić information content (AvgIpc) is 3.12. The number of anilines is 1. The third-order valence-corrected chi connectivity index (χ3v) is 8.91. The number of amides is 1. The largest absolute Gasteiger partial charge is 0.497 e. The Bertz CT molecular complexity index is 1560. The van der Waals surface area contributed by atoms with Crippen LogP contribution < -0.4 is 33.3 Å². The first-order valence-corrected chi connectivity index (χ1v) is 16.4. The number of ether oxygens (including phenoxy) is 6. The molecular weight excluding hydrogens is 656 g/mol. The molecule has 3 aromatic rings. The molecule has 266 valence electrons. The SMILES string of the molecule is CCN(CCCCOc1ccc(OC)cc1C1Sc2ccccc2N(C)C1=O)CCOc1ccc(OC)c(OC)c1OC.O=C(O)C(=O)O. The maximum Gasteiger partial charge on any atom is 0.414 e. The van der Waals surface area contributed by atoms with Crippen molar-refractivity contribution in [1.29, 1.82) is 0 Å². The molecule has 2 N–H and O–H groups in total. The van der Waals surface area contributed by atoms with Crippen LogP contribution >= 0.6 is 11.8 Å². The molecule has 0 saturated heterocycles. The lowest BCUT2D eigenvalue weighted by atomic mass is 10.1. The van der Waals surface area contributed by atoms with Crippen LogP contribution in [0.2, 0.25) is 0 Å². The van der Waals surface area contributed by atoms with Gasteiger partial charge in [0.15, 0.2) is 11.5 Å². The standard InChI is InChI=1S/C33H42N2O7S.C2H2O4/c1-7-35(19-21-42-28-17-16-27(38-4)30(39-5)31(28)40-6)18-10-11-20-41-26-15-14-23(37-3)22-24(26)32-33(36)34(2)25-12-8-9-13-29(25)43-32;3-1(4)2(5)6/h8-9,12-17,22,32H,7,10-11,18-21H2,1-6H3;(H,3,4)(H,5,6). The van der Waals surface area contributed by atoms with Crippen LogP contribution in [0.5, 0.6) is 34.5 Å². The van der Waals surface area contributed by atoms with Gasteiger partial charge in [-0.2, -0.15) is 0 Å². The third kappa shape index (κ3) is 10.3. The maximum absolute atomic E-state index is 13.4. The fourth-order valence-electron chi connectivity index (χ4n) is 5.01. The molecule has 1 aliphatic heterocycles. The first-order chi connectivity index (χ1) is 23.6. The zero-order valence-electron chi connectivity index (χ0n) is 28.6. The zero-order chi connectivity index (χ0) is 35.9. The van der Waals surface area contributed by atoms with E-state index in [0.29, 0.717) is 47.7 Å². The highest BCUT2D eigenvalue weighted by Crippen LogP contribution is 2.49. The molecule has 0 aromatic heterocycles. The molecule has 0 radical (unpaired) electrons. The van der Waals surface area contributed by atoms with Crippen LogP contribution in [0.25, 0.3) is 0 Å². The monoisotopic (exact) mass is 700 g/mol. The number of nitrogens with zero attached hydrogens (tertiary/aromatic N) is 2. The van der Waals surface area contributed by atoms with Crippen molar-refractivity contribution in [3.8, 4) is 34.5 Å². The van der Waals surface area contributed by atoms with Crippen LogP contribution in [-0.2, 0) is 14.4 Å². The number of benzene rings is 3. The predicted octanol–water partition coefficient (Wildman–Crippen LogP) is 5.25. The van der Waals surface area contributed by atoms with E-state index in [-0.39, 0.29) is 5.91 Å². The number of carbonyl (C=O) groups is 3. The molecule has 0 aliphatic carbocycles. The van der Waals surface area contributed by atoms with Crippen molar-refractivity contribution < 1.29 is 53.0 Å². The van der Waals surface area contributed by atoms with Crippen molar-refractivity contribution in [3.63, 3.8) is 0 Å². The van der Waals surface area contributed by atoms with Gasteiger partial charge >= 0.3 is 11.9 Å². The number of aliphatic carboxylic acids is 2. The second kappa shape index (κ2) is 19.2. The van der Waals surface area contributed by atoms with Crippen LogP contribution in [0.3, 0.4) is 0 Å². The van der Waals surface area contributed by atoms with E-state index in [1.165, 1.54) is 0 Å². The first-order valence-electron chi connectivity index (χ1n) is 15.5. The Hall–Kier alpha value is -4.82. The second-order valence-electron chi connectivity index (χ2n) is 10.5. The fourth-order valence-corrected chi connectivity index (χ4v) is 6.32. The van der Waals surface area contributed by atoms with Crippen molar-refractivity contribution in [3.05, 3.63) is 60.2 Å². The van der Waals surface area contributed by atoms with E-state index < -0.39 is 17.2 Å². The molecule has 0 fully saturated rings. The minimum atomic E-state index is -1.82. The first kappa shape index (κ1) is 38.6. The highest BCUT2D eigenvalue weighted by Gasteiger charge is 2.34. The Labute approximate surface area is 290 Å². The number of carboxylic acids is 2. The van der Waals surface area contributed by atoms with E-state index in [2.05, 4.69) is 11.8 Å². The molecule has 0 spiro atoms. The number of fused-ring (bicyclic) bond motifs is 1. The molecule has 14 heteroatoms. The molecule has 1 heterocycles. The molecule has 0 bridgehead atoms. The summed E-state index contributed by atoms with van der Waals surface area (Å²) >= 11 is 1.55. The van der Waals surface area contributed by atoms with Crippen molar-refractivity contribution in [2.24, 2.45) is 0 Å². The summed E-state index contributed by atoms with van der Waals surface area (Å²) in [4.78, 5) is 36.7. The number of carboxylic acid groups (broad SMARTS) is 2. The van der Waals surface area contributed by atoms with Gasteiger partial charge in [-0.1, -0.05) is 19.1 Å². The average molecular weight is 701 g/mol. The Kier molecular flexibility index (Phi) is 15.2. The van der Waals surface area contributed by atoms with E-state index in [1.54, 1.807) is 45.1 Å². The Balaban J connectivity index is 0.000000992. The molecule has 3 aromatic carbocycles. The van der Waals surface area contributed by atoms with Gasteiger partial charge in [0.25, 0.3) is 0 Å². The third-order valence-electron chi connectivity index (χ3n) is 7.62. The van der Waals surface area contributed by atoms with E-state index in [4.69, 9.17) is 48.2 Å². The lowest BCUT2D eigenvalue weighted by molar-refractivity contribution is -0.159. The fraction of sp³-hybridized carbons (Fsp3) is 0.400. The summed E-state index contributed by atoms with van der Waals surface area (Å²) < 4.78 is 34.1. The van der Waals surface area contributed by atoms with Crippen LogP contribution in [0.4, 0.5) is 5.69 Å². The normalized spacial score (nSPS) is 13.5. The van der Waals surface area contributed by atoms with Gasteiger partial charge in [0.05, 0.1) is 40.7 Å². The van der Waals surface area contributed by atoms with E-state index in [0.717, 1.165) is 48.6 Å². The topological polar surface area (TPSA) is 154 Å².